The van der Waals surface area contributed by atoms with Gasteiger partial charge in [0, 0.05) is 31.1 Å². The first-order valence-corrected chi connectivity index (χ1v) is 9.19. The first-order valence-electron chi connectivity index (χ1n) is 9.19. The molecule has 134 valence electrons. The summed E-state index contributed by atoms with van der Waals surface area (Å²) in [6, 6.07) is 21.3. The first-order chi connectivity index (χ1) is 12.1. The average molecular weight is 340 g/mol. The molecule has 0 saturated carbocycles. The van der Waals surface area contributed by atoms with Crippen LogP contribution in [0.25, 0.3) is 0 Å². The van der Waals surface area contributed by atoms with Crippen molar-refractivity contribution >= 4 is 0 Å². The Balaban J connectivity index is 1.62. The molecule has 2 atom stereocenters. The lowest BCUT2D eigenvalue weighted by Crippen LogP contribution is -2.40. The highest BCUT2D eigenvalue weighted by Crippen LogP contribution is 2.36. The van der Waals surface area contributed by atoms with Gasteiger partial charge in [-0.25, -0.2) is 0 Å². The van der Waals surface area contributed by atoms with Crippen LogP contribution in [-0.4, -0.2) is 43.2 Å². The zero-order chi connectivity index (χ0) is 17.7. The number of benzene rings is 2. The van der Waals surface area contributed by atoms with Gasteiger partial charge in [-0.3, -0.25) is 9.29 Å². The highest BCUT2D eigenvalue weighted by Gasteiger charge is 2.40. The van der Waals surface area contributed by atoms with E-state index in [1.165, 1.54) is 11.1 Å². The van der Waals surface area contributed by atoms with Crippen molar-refractivity contribution in [2.45, 2.75) is 25.9 Å². The topological polar surface area (TPSA) is 6.48 Å². The number of halogens is 1. The van der Waals surface area contributed by atoms with Gasteiger partial charge in [0.1, 0.15) is 0 Å². The van der Waals surface area contributed by atoms with E-state index < -0.39 is 0 Å². The Morgan fingerprint density at radius 2 is 1.72 bits per heavy atom. The number of alkyl halides is 1. The number of hydrogen-bond acceptors (Lipinski definition) is 2. The number of nitrogens with zero attached hydrogens (tertiary/aromatic N) is 2. The van der Waals surface area contributed by atoms with Gasteiger partial charge in [-0.15, -0.1) is 0 Å². The van der Waals surface area contributed by atoms with Gasteiger partial charge in [-0.2, -0.15) is 0 Å². The Bertz CT molecular complexity index is 646. The standard InChI is InChI=1S/C22H29FN2/c1-19(21-11-7-4-8-12-21)25-14-13-22(16-23,18-25)17-24(2)15-20-9-5-3-6-10-20/h3-12,19H,13-18H2,1-2H3/t19-,22-/m0/s1. The Labute approximate surface area is 151 Å². The Morgan fingerprint density at radius 3 is 2.36 bits per heavy atom. The van der Waals surface area contributed by atoms with Crippen LogP contribution in [0.3, 0.4) is 0 Å². The third-order valence-electron chi connectivity index (χ3n) is 5.48. The van der Waals surface area contributed by atoms with Crippen molar-refractivity contribution in [3.05, 3.63) is 71.8 Å². The molecule has 0 unspecified atom stereocenters. The second kappa shape index (κ2) is 8.11. The van der Waals surface area contributed by atoms with Crippen LogP contribution in [-0.2, 0) is 6.54 Å². The summed E-state index contributed by atoms with van der Waals surface area (Å²) < 4.78 is 14.0. The summed E-state index contributed by atoms with van der Waals surface area (Å²) in [7, 11) is 2.10. The zero-order valence-electron chi connectivity index (χ0n) is 15.4. The molecule has 0 bridgehead atoms. The van der Waals surface area contributed by atoms with Crippen molar-refractivity contribution in [2.75, 3.05) is 33.4 Å². The molecular weight excluding hydrogens is 311 g/mol. The molecule has 25 heavy (non-hydrogen) atoms. The van der Waals surface area contributed by atoms with Gasteiger partial charge >= 0.3 is 0 Å². The predicted octanol–water partition coefficient (Wildman–Crippen LogP) is 4.54. The molecule has 2 aromatic rings. The monoisotopic (exact) mass is 340 g/mol. The zero-order valence-corrected chi connectivity index (χ0v) is 15.4. The highest BCUT2D eigenvalue weighted by atomic mass is 19.1. The quantitative estimate of drug-likeness (QED) is 0.730. The Kier molecular flexibility index (Phi) is 5.87. The molecule has 0 N–H and O–H groups in total. The molecule has 0 aliphatic carbocycles. The van der Waals surface area contributed by atoms with Gasteiger partial charge in [0.2, 0.25) is 0 Å². The first kappa shape index (κ1) is 18.1. The lowest BCUT2D eigenvalue weighted by Gasteiger charge is -2.33. The predicted molar refractivity (Wildman–Crippen MR) is 102 cm³/mol. The van der Waals surface area contributed by atoms with Crippen LogP contribution in [0, 0.1) is 5.41 Å². The minimum absolute atomic E-state index is 0.243. The maximum absolute atomic E-state index is 14.0. The van der Waals surface area contributed by atoms with E-state index in [1.54, 1.807) is 0 Å². The van der Waals surface area contributed by atoms with Crippen LogP contribution >= 0.6 is 0 Å². The molecular formula is C22H29FN2. The fraction of sp³-hybridized carbons (Fsp3) is 0.455. The summed E-state index contributed by atoms with van der Waals surface area (Å²) in [4.78, 5) is 4.71. The van der Waals surface area contributed by atoms with Crippen molar-refractivity contribution in [1.82, 2.24) is 9.80 Å². The van der Waals surface area contributed by atoms with Crippen LogP contribution in [0.15, 0.2) is 60.7 Å². The van der Waals surface area contributed by atoms with Crippen LogP contribution in [0.2, 0.25) is 0 Å². The Morgan fingerprint density at radius 1 is 1.08 bits per heavy atom. The van der Waals surface area contributed by atoms with E-state index >= 15 is 0 Å². The fourth-order valence-electron chi connectivity index (χ4n) is 4.05. The van der Waals surface area contributed by atoms with Gasteiger partial charge in [0.05, 0.1) is 6.67 Å². The molecule has 1 aliphatic heterocycles. The summed E-state index contributed by atoms with van der Waals surface area (Å²) in [6.07, 6.45) is 0.930. The molecule has 1 fully saturated rings. The summed E-state index contributed by atoms with van der Waals surface area (Å²) in [5.41, 5.74) is 2.35. The van der Waals surface area contributed by atoms with Crippen LogP contribution in [0.4, 0.5) is 4.39 Å². The highest BCUT2D eigenvalue weighted by molar-refractivity contribution is 5.19. The molecule has 1 aliphatic rings. The molecule has 1 heterocycles. The number of rotatable bonds is 7. The van der Waals surface area contributed by atoms with Crippen molar-refractivity contribution in [3.63, 3.8) is 0 Å². The third-order valence-corrected chi connectivity index (χ3v) is 5.48. The maximum Gasteiger partial charge on any atom is 0.0975 e. The lowest BCUT2D eigenvalue weighted by molar-refractivity contribution is 0.123. The molecule has 0 radical (unpaired) electrons. The molecule has 1 saturated heterocycles. The van der Waals surface area contributed by atoms with Crippen molar-refractivity contribution in [3.8, 4) is 0 Å². The van der Waals surface area contributed by atoms with E-state index in [1.807, 2.05) is 12.1 Å². The largest absolute Gasteiger partial charge is 0.301 e. The van der Waals surface area contributed by atoms with E-state index in [0.717, 1.165) is 32.6 Å². The molecule has 0 amide bonds. The van der Waals surface area contributed by atoms with Gasteiger partial charge in [0.25, 0.3) is 0 Å². The maximum atomic E-state index is 14.0. The van der Waals surface area contributed by atoms with Gasteiger partial charge in [-0.05, 0) is 38.1 Å². The summed E-state index contributed by atoms with van der Waals surface area (Å²) >= 11 is 0. The van der Waals surface area contributed by atoms with E-state index in [0.29, 0.717) is 6.04 Å². The minimum atomic E-state index is -0.246. The summed E-state index contributed by atoms with van der Waals surface area (Å²) in [5.74, 6) is 0. The fourth-order valence-corrected chi connectivity index (χ4v) is 4.05. The van der Waals surface area contributed by atoms with E-state index in [-0.39, 0.29) is 12.1 Å². The second-order valence-electron chi connectivity index (χ2n) is 7.60. The number of likely N-dealkylation sites (tertiary alicyclic amines) is 1. The molecule has 3 rings (SSSR count). The van der Waals surface area contributed by atoms with Gasteiger partial charge in [0.15, 0.2) is 0 Å². The lowest BCUT2D eigenvalue weighted by atomic mass is 9.88. The van der Waals surface area contributed by atoms with E-state index in [4.69, 9.17) is 0 Å². The summed E-state index contributed by atoms with van der Waals surface area (Å²) in [6.45, 7) is 5.46. The normalized spacial score (nSPS) is 22.4. The van der Waals surface area contributed by atoms with Crippen molar-refractivity contribution in [1.29, 1.82) is 0 Å². The Hall–Kier alpha value is -1.71. The van der Waals surface area contributed by atoms with Gasteiger partial charge < -0.3 is 4.90 Å². The van der Waals surface area contributed by atoms with E-state index in [2.05, 4.69) is 72.3 Å². The van der Waals surface area contributed by atoms with Crippen molar-refractivity contribution < 1.29 is 4.39 Å². The SMILES string of the molecule is C[C@@H](c1ccccc1)N1CC[C@](CF)(CN(C)Cc2ccccc2)C1. The van der Waals surface area contributed by atoms with Gasteiger partial charge in [-0.1, -0.05) is 60.7 Å². The second-order valence-corrected chi connectivity index (χ2v) is 7.60. The summed E-state index contributed by atoms with van der Waals surface area (Å²) in [5, 5.41) is 0. The molecule has 0 aromatic heterocycles. The van der Waals surface area contributed by atoms with Crippen LogP contribution in [0.5, 0.6) is 0 Å². The van der Waals surface area contributed by atoms with Crippen LogP contribution < -0.4 is 0 Å². The molecule has 0 spiro atoms. The minimum Gasteiger partial charge on any atom is -0.301 e. The third kappa shape index (κ3) is 4.47. The van der Waals surface area contributed by atoms with Crippen LogP contribution in [0.1, 0.15) is 30.5 Å². The smallest absolute Gasteiger partial charge is 0.0975 e. The van der Waals surface area contributed by atoms with Crippen molar-refractivity contribution in [2.24, 2.45) is 5.41 Å². The van der Waals surface area contributed by atoms with E-state index in [9.17, 15) is 4.39 Å². The average Bonchev–Trinajstić information content (AvgIpc) is 3.07. The molecule has 2 nitrogen and oxygen atoms in total. The molecule has 3 heteroatoms. The number of hydrogen-bond donors (Lipinski definition) is 0. The molecule has 2 aromatic carbocycles.